The quantitative estimate of drug-likeness (QED) is 0.262. The standard InChI is InChI=1S/C37H59FO9/c1-18-15-21(30(33(5,6)43)45-19(2)38)46-28-25(18)34(7)13-14-36-17-37(12-11-22(36)35(34,8)29(28)42)23(36)9-10-24(32(37,3)4)47-31-27(41)26(40)20(39)16-44-31/h18-24,26-27,29-31,39-43H,9-17H2,1-8H3. The SMILES string of the molecule is CC(F)OC(C1CC(C)C2=C(O1)C(O)C1(C)C3CCC45CC3(CCC21C)C4CCC(OC1OCC(O)C(O)C1O)C5(C)C)C(C)(C)O. The number of allylic oxidation sites excluding steroid dienone is 1. The molecule has 6 fully saturated rings. The van der Waals surface area contributed by atoms with Crippen LogP contribution < -0.4 is 0 Å². The third-order valence-electron chi connectivity index (χ3n) is 15.5. The molecule has 9 nitrogen and oxygen atoms in total. The molecule has 16 unspecified atom stereocenters. The minimum Gasteiger partial charge on any atom is -0.489 e. The predicted octanol–water partition coefficient (Wildman–Crippen LogP) is 4.36. The molecule has 8 aliphatic rings. The van der Waals surface area contributed by atoms with E-state index < -0.39 is 60.3 Å². The molecule has 268 valence electrons. The minimum absolute atomic E-state index is 0.0695. The maximum absolute atomic E-state index is 14.2. The lowest BCUT2D eigenvalue weighted by Crippen LogP contribution is -2.76. The number of alkyl halides is 1. The Morgan fingerprint density at radius 1 is 0.957 bits per heavy atom. The van der Waals surface area contributed by atoms with E-state index in [1.165, 1.54) is 12.5 Å². The van der Waals surface area contributed by atoms with Gasteiger partial charge in [0.25, 0.3) is 0 Å². The van der Waals surface area contributed by atoms with Gasteiger partial charge in [-0.25, -0.2) is 4.39 Å². The molecule has 2 aliphatic heterocycles. The van der Waals surface area contributed by atoms with E-state index in [0.717, 1.165) is 44.9 Å². The average Bonchev–Trinajstić information content (AvgIpc) is 3.16. The zero-order valence-corrected chi connectivity index (χ0v) is 29.5. The van der Waals surface area contributed by atoms with Gasteiger partial charge in [0, 0.05) is 10.8 Å². The molecule has 1 saturated heterocycles. The second-order valence-corrected chi connectivity index (χ2v) is 18.2. The molecule has 2 bridgehead atoms. The molecular formula is C37H59FO9. The van der Waals surface area contributed by atoms with Crippen LogP contribution in [0.3, 0.4) is 0 Å². The summed E-state index contributed by atoms with van der Waals surface area (Å²) in [4.78, 5) is 0. The molecule has 0 aromatic rings. The lowest BCUT2D eigenvalue weighted by Gasteiger charge is -2.81. The molecule has 47 heavy (non-hydrogen) atoms. The third-order valence-corrected chi connectivity index (χ3v) is 15.5. The van der Waals surface area contributed by atoms with Crippen LogP contribution in [0, 0.1) is 44.8 Å². The molecule has 5 saturated carbocycles. The summed E-state index contributed by atoms with van der Waals surface area (Å²) in [5, 5.41) is 54.3. The van der Waals surface area contributed by atoms with Gasteiger partial charge in [-0.05, 0) is 112 Å². The summed E-state index contributed by atoms with van der Waals surface area (Å²) in [6.45, 7) is 15.9. The average molecular weight is 667 g/mol. The predicted molar refractivity (Wildman–Crippen MR) is 170 cm³/mol. The molecule has 5 N–H and O–H groups in total. The highest BCUT2D eigenvalue weighted by Crippen LogP contribution is 2.86. The van der Waals surface area contributed by atoms with Crippen LogP contribution in [0.1, 0.15) is 107 Å². The van der Waals surface area contributed by atoms with Gasteiger partial charge in [0.05, 0.1) is 18.3 Å². The normalized spacial score (nSPS) is 53.1. The van der Waals surface area contributed by atoms with Gasteiger partial charge in [0.1, 0.15) is 42.4 Å². The molecule has 6 aliphatic carbocycles. The topological polar surface area (TPSA) is 138 Å². The molecule has 0 amide bonds. The number of hydrogen-bond acceptors (Lipinski definition) is 9. The van der Waals surface area contributed by atoms with Gasteiger partial charge in [-0.2, -0.15) is 0 Å². The van der Waals surface area contributed by atoms with Crippen LogP contribution in [0.25, 0.3) is 0 Å². The summed E-state index contributed by atoms with van der Waals surface area (Å²) in [6.07, 6.45) is -1.12. The summed E-state index contributed by atoms with van der Waals surface area (Å²) >= 11 is 0. The second-order valence-electron chi connectivity index (χ2n) is 18.2. The van der Waals surface area contributed by atoms with Crippen molar-refractivity contribution in [2.24, 2.45) is 44.8 Å². The van der Waals surface area contributed by atoms with Crippen LogP contribution in [0.4, 0.5) is 4.39 Å². The molecule has 0 radical (unpaired) electrons. The number of rotatable bonds is 6. The largest absolute Gasteiger partial charge is 0.489 e. The summed E-state index contributed by atoms with van der Waals surface area (Å²) in [6, 6.07) is 0. The fourth-order valence-corrected chi connectivity index (χ4v) is 13.2. The van der Waals surface area contributed by atoms with E-state index in [1.807, 2.05) is 0 Å². The maximum Gasteiger partial charge on any atom is 0.196 e. The molecule has 10 heteroatoms. The van der Waals surface area contributed by atoms with Gasteiger partial charge in [-0.1, -0.05) is 34.6 Å². The lowest BCUT2D eigenvalue weighted by atomic mass is 9.23. The fourth-order valence-electron chi connectivity index (χ4n) is 13.2. The number of aliphatic hydroxyl groups excluding tert-OH is 4. The Balaban J connectivity index is 1.15. The molecule has 16 atom stereocenters. The van der Waals surface area contributed by atoms with Gasteiger partial charge in [0.2, 0.25) is 0 Å². The van der Waals surface area contributed by atoms with Crippen molar-refractivity contribution in [1.82, 2.24) is 0 Å². The van der Waals surface area contributed by atoms with Crippen molar-refractivity contribution in [1.29, 1.82) is 0 Å². The summed E-state index contributed by atoms with van der Waals surface area (Å²) in [5.41, 5.74) is -0.823. The van der Waals surface area contributed by atoms with Crippen LogP contribution in [-0.4, -0.2) is 93.1 Å². The molecule has 0 aromatic heterocycles. The maximum atomic E-state index is 14.2. The number of ether oxygens (including phenoxy) is 4. The van der Waals surface area contributed by atoms with Gasteiger partial charge in [-0.15, -0.1) is 0 Å². The second kappa shape index (κ2) is 10.8. The van der Waals surface area contributed by atoms with Crippen LogP contribution in [0.15, 0.2) is 11.3 Å². The number of hydrogen-bond donors (Lipinski definition) is 5. The van der Waals surface area contributed by atoms with Crippen LogP contribution >= 0.6 is 0 Å². The van der Waals surface area contributed by atoms with Crippen molar-refractivity contribution in [2.75, 3.05) is 6.61 Å². The zero-order chi connectivity index (χ0) is 34.3. The minimum atomic E-state index is -1.56. The monoisotopic (exact) mass is 666 g/mol. The summed E-state index contributed by atoms with van der Waals surface area (Å²) in [5.74, 6) is 1.52. The van der Waals surface area contributed by atoms with E-state index in [0.29, 0.717) is 24.0 Å². The molecule has 2 spiro atoms. The first-order valence-electron chi connectivity index (χ1n) is 18.2. The van der Waals surface area contributed by atoms with Crippen molar-refractivity contribution >= 4 is 0 Å². The molecule has 8 rings (SSSR count). The molecule has 2 heterocycles. The molecule has 0 aromatic carbocycles. The fraction of sp³-hybridized carbons (Fsp3) is 0.946. The highest BCUT2D eigenvalue weighted by atomic mass is 19.1. The summed E-state index contributed by atoms with van der Waals surface area (Å²) in [7, 11) is 0. The van der Waals surface area contributed by atoms with Crippen LogP contribution in [-0.2, 0) is 18.9 Å². The zero-order valence-electron chi connectivity index (χ0n) is 29.5. The highest BCUT2D eigenvalue weighted by molar-refractivity contribution is 5.42. The van der Waals surface area contributed by atoms with Crippen molar-refractivity contribution in [3.05, 3.63) is 11.3 Å². The van der Waals surface area contributed by atoms with E-state index >= 15 is 0 Å². The van der Waals surface area contributed by atoms with Crippen molar-refractivity contribution in [2.45, 2.75) is 168 Å². The number of aliphatic hydroxyl groups is 5. The van der Waals surface area contributed by atoms with Crippen molar-refractivity contribution in [3.63, 3.8) is 0 Å². The Bertz CT molecular complexity index is 1280. The van der Waals surface area contributed by atoms with Crippen LogP contribution in [0.5, 0.6) is 0 Å². The first-order valence-corrected chi connectivity index (χ1v) is 18.2. The van der Waals surface area contributed by atoms with Crippen LogP contribution in [0.2, 0.25) is 0 Å². The van der Waals surface area contributed by atoms with E-state index in [9.17, 15) is 29.9 Å². The first-order chi connectivity index (χ1) is 21.8. The van der Waals surface area contributed by atoms with E-state index in [2.05, 4.69) is 34.6 Å². The number of fused-ring (bicyclic) bond motifs is 3. The Hall–Kier alpha value is -0.850. The van der Waals surface area contributed by atoms with Gasteiger partial charge >= 0.3 is 0 Å². The van der Waals surface area contributed by atoms with Gasteiger partial charge < -0.3 is 44.5 Å². The van der Waals surface area contributed by atoms with Crippen molar-refractivity contribution < 1.29 is 48.9 Å². The van der Waals surface area contributed by atoms with Gasteiger partial charge in [-0.3, -0.25) is 0 Å². The van der Waals surface area contributed by atoms with E-state index in [-0.39, 0.29) is 40.3 Å². The third kappa shape index (κ3) is 4.40. The Labute approximate surface area is 279 Å². The smallest absolute Gasteiger partial charge is 0.196 e. The Morgan fingerprint density at radius 2 is 1.66 bits per heavy atom. The Morgan fingerprint density at radius 3 is 2.32 bits per heavy atom. The lowest BCUT2D eigenvalue weighted by molar-refractivity contribution is -0.362. The number of halogens is 1. The van der Waals surface area contributed by atoms with E-state index in [4.69, 9.17) is 18.9 Å². The Kier molecular flexibility index (Phi) is 7.97. The van der Waals surface area contributed by atoms with Crippen molar-refractivity contribution in [3.8, 4) is 0 Å². The highest BCUT2D eigenvalue weighted by Gasteiger charge is 2.81. The first kappa shape index (κ1) is 34.6. The molecular weight excluding hydrogens is 607 g/mol. The summed E-state index contributed by atoms with van der Waals surface area (Å²) < 4.78 is 38.6. The van der Waals surface area contributed by atoms with E-state index in [1.54, 1.807) is 13.8 Å². The van der Waals surface area contributed by atoms with Gasteiger partial charge in [0.15, 0.2) is 12.6 Å².